The van der Waals surface area contributed by atoms with Crippen LogP contribution in [0.2, 0.25) is 0 Å². The molecule has 5 heteroatoms. The van der Waals surface area contributed by atoms with E-state index in [2.05, 4.69) is 15.1 Å². The Bertz CT molecular complexity index is 863. The standard InChI is InChI=1S/C18H14FN3O/c1-12-7-9-20-11-15(12)14-8-10-21-18(16(14)19)17(22-23)13-5-3-2-4-6-13/h2-11,23H,1H3. The molecule has 0 saturated heterocycles. The van der Waals surface area contributed by atoms with Crippen molar-refractivity contribution in [1.29, 1.82) is 0 Å². The van der Waals surface area contributed by atoms with Crippen LogP contribution in [0.15, 0.2) is 66.2 Å². The molecule has 0 bridgehead atoms. The van der Waals surface area contributed by atoms with Gasteiger partial charge in [-0.15, -0.1) is 0 Å². The van der Waals surface area contributed by atoms with Gasteiger partial charge in [0.1, 0.15) is 11.4 Å². The fourth-order valence-corrected chi connectivity index (χ4v) is 2.40. The summed E-state index contributed by atoms with van der Waals surface area (Å²) in [5.41, 5.74) is 2.63. The van der Waals surface area contributed by atoms with Crippen LogP contribution in [0.3, 0.4) is 0 Å². The second kappa shape index (κ2) is 6.36. The van der Waals surface area contributed by atoms with E-state index in [1.807, 2.05) is 19.1 Å². The third-order valence-electron chi connectivity index (χ3n) is 3.59. The Morgan fingerprint density at radius 2 is 1.83 bits per heavy atom. The van der Waals surface area contributed by atoms with E-state index in [1.165, 1.54) is 6.20 Å². The highest BCUT2D eigenvalue weighted by molar-refractivity contribution is 6.12. The Hall–Kier alpha value is -3.08. The molecule has 0 aliphatic rings. The number of benzene rings is 1. The van der Waals surface area contributed by atoms with Crippen LogP contribution in [0.1, 0.15) is 16.8 Å². The van der Waals surface area contributed by atoms with E-state index in [0.717, 1.165) is 5.56 Å². The zero-order chi connectivity index (χ0) is 16.2. The molecular weight excluding hydrogens is 293 g/mol. The van der Waals surface area contributed by atoms with Crippen molar-refractivity contribution in [3.63, 3.8) is 0 Å². The van der Waals surface area contributed by atoms with E-state index >= 15 is 0 Å². The average Bonchev–Trinajstić information content (AvgIpc) is 2.59. The number of halogens is 1. The van der Waals surface area contributed by atoms with Gasteiger partial charge in [-0.1, -0.05) is 35.5 Å². The van der Waals surface area contributed by atoms with Crippen molar-refractivity contribution in [1.82, 2.24) is 9.97 Å². The molecule has 23 heavy (non-hydrogen) atoms. The molecule has 0 spiro atoms. The minimum Gasteiger partial charge on any atom is -0.410 e. The second-order valence-electron chi connectivity index (χ2n) is 5.03. The highest BCUT2D eigenvalue weighted by Gasteiger charge is 2.19. The summed E-state index contributed by atoms with van der Waals surface area (Å²) in [6, 6.07) is 12.3. The van der Waals surface area contributed by atoms with Gasteiger partial charge in [-0.2, -0.15) is 0 Å². The Morgan fingerprint density at radius 1 is 1.04 bits per heavy atom. The van der Waals surface area contributed by atoms with Gasteiger partial charge >= 0.3 is 0 Å². The van der Waals surface area contributed by atoms with Crippen molar-refractivity contribution in [2.24, 2.45) is 5.16 Å². The highest BCUT2D eigenvalue weighted by Crippen LogP contribution is 2.27. The molecule has 0 unspecified atom stereocenters. The number of hydrogen-bond acceptors (Lipinski definition) is 4. The van der Waals surface area contributed by atoms with Crippen molar-refractivity contribution in [2.45, 2.75) is 6.92 Å². The lowest BCUT2D eigenvalue weighted by molar-refractivity contribution is 0.319. The number of oxime groups is 1. The van der Waals surface area contributed by atoms with Crippen molar-refractivity contribution >= 4 is 5.71 Å². The molecule has 0 saturated carbocycles. The number of hydrogen-bond donors (Lipinski definition) is 1. The molecule has 0 aliphatic heterocycles. The molecule has 0 aliphatic carbocycles. The minimum absolute atomic E-state index is 0.000506. The van der Waals surface area contributed by atoms with Crippen LogP contribution < -0.4 is 0 Å². The number of rotatable bonds is 3. The van der Waals surface area contributed by atoms with Crippen molar-refractivity contribution in [2.75, 3.05) is 0 Å². The fourth-order valence-electron chi connectivity index (χ4n) is 2.40. The molecule has 4 nitrogen and oxygen atoms in total. The lowest BCUT2D eigenvalue weighted by atomic mass is 9.99. The van der Waals surface area contributed by atoms with E-state index in [-0.39, 0.29) is 11.4 Å². The summed E-state index contributed by atoms with van der Waals surface area (Å²) in [5, 5.41) is 12.6. The predicted molar refractivity (Wildman–Crippen MR) is 86.0 cm³/mol. The summed E-state index contributed by atoms with van der Waals surface area (Å²) >= 11 is 0. The molecule has 0 radical (unpaired) electrons. The summed E-state index contributed by atoms with van der Waals surface area (Å²) in [5.74, 6) is -0.541. The summed E-state index contributed by atoms with van der Waals surface area (Å²) < 4.78 is 15.0. The van der Waals surface area contributed by atoms with Gasteiger partial charge in [0.25, 0.3) is 0 Å². The molecule has 0 amide bonds. The fraction of sp³-hybridized carbons (Fsp3) is 0.0556. The van der Waals surface area contributed by atoms with Gasteiger partial charge in [-0.05, 0) is 24.6 Å². The van der Waals surface area contributed by atoms with Gasteiger partial charge in [0.15, 0.2) is 5.82 Å². The summed E-state index contributed by atoms with van der Waals surface area (Å²) in [7, 11) is 0. The van der Waals surface area contributed by atoms with Crippen molar-refractivity contribution in [3.8, 4) is 11.1 Å². The summed E-state index contributed by atoms with van der Waals surface area (Å²) in [6.07, 6.45) is 4.76. The van der Waals surface area contributed by atoms with Crippen LogP contribution in [0.25, 0.3) is 11.1 Å². The van der Waals surface area contributed by atoms with Crippen LogP contribution in [-0.4, -0.2) is 20.9 Å². The molecule has 1 aromatic carbocycles. The van der Waals surface area contributed by atoms with Crippen LogP contribution in [-0.2, 0) is 0 Å². The first-order chi connectivity index (χ1) is 11.2. The van der Waals surface area contributed by atoms with E-state index in [0.29, 0.717) is 16.7 Å². The van der Waals surface area contributed by atoms with Gasteiger partial charge in [0.05, 0.1) is 0 Å². The molecule has 2 heterocycles. The molecule has 2 aromatic heterocycles. The maximum Gasteiger partial charge on any atom is 0.159 e. The Morgan fingerprint density at radius 3 is 2.52 bits per heavy atom. The molecule has 3 rings (SSSR count). The maximum atomic E-state index is 15.0. The Balaban J connectivity index is 2.16. The first-order valence-corrected chi connectivity index (χ1v) is 7.05. The number of aryl methyl sites for hydroxylation is 1. The molecule has 3 aromatic rings. The van der Waals surface area contributed by atoms with Gasteiger partial charge < -0.3 is 5.21 Å². The van der Waals surface area contributed by atoms with E-state index < -0.39 is 5.82 Å². The van der Waals surface area contributed by atoms with Gasteiger partial charge in [0.2, 0.25) is 0 Å². The number of nitrogens with zero attached hydrogens (tertiary/aromatic N) is 3. The van der Waals surface area contributed by atoms with Crippen molar-refractivity contribution in [3.05, 3.63) is 83.7 Å². The summed E-state index contributed by atoms with van der Waals surface area (Å²) in [4.78, 5) is 8.10. The van der Waals surface area contributed by atoms with Gasteiger partial charge in [-0.3, -0.25) is 9.97 Å². The number of pyridine rings is 2. The SMILES string of the molecule is Cc1ccncc1-c1ccnc(C(=NO)c2ccccc2)c1F. The highest BCUT2D eigenvalue weighted by atomic mass is 19.1. The quantitative estimate of drug-likeness (QED) is 0.454. The zero-order valence-corrected chi connectivity index (χ0v) is 12.4. The zero-order valence-electron chi connectivity index (χ0n) is 12.4. The first kappa shape index (κ1) is 14.8. The van der Waals surface area contributed by atoms with Crippen LogP contribution in [0, 0.1) is 12.7 Å². The maximum absolute atomic E-state index is 15.0. The van der Waals surface area contributed by atoms with Crippen molar-refractivity contribution < 1.29 is 9.60 Å². The average molecular weight is 307 g/mol. The van der Waals surface area contributed by atoms with Gasteiger partial charge in [0, 0.05) is 35.3 Å². The second-order valence-corrected chi connectivity index (χ2v) is 5.03. The monoisotopic (exact) mass is 307 g/mol. The smallest absolute Gasteiger partial charge is 0.159 e. The van der Waals surface area contributed by atoms with E-state index in [1.54, 1.807) is 42.7 Å². The van der Waals surface area contributed by atoms with Crippen LogP contribution in [0.5, 0.6) is 0 Å². The van der Waals surface area contributed by atoms with Crippen LogP contribution >= 0.6 is 0 Å². The molecular formula is C18H14FN3O. The number of aromatic nitrogens is 2. The third-order valence-corrected chi connectivity index (χ3v) is 3.59. The van der Waals surface area contributed by atoms with Crippen LogP contribution in [0.4, 0.5) is 4.39 Å². The normalized spacial score (nSPS) is 11.5. The Kier molecular flexibility index (Phi) is 4.10. The Labute approximate surface area is 133 Å². The lowest BCUT2D eigenvalue weighted by Gasteiger charge is -2.10. The third kappa shape index (κ3) is 2.81. The first-order valence-electron chi connectivity index (χ1n) is 7.05. The van der Waals surface area contributed by atoms with E-state index in [4.69, 9.17) is 0 Å². The molecule has 0 atom stereocenters. The van der Waals surface area contributed by atoms with E-state index in [9.17, 15) is 9.60 Å². The predicted octanol–water partition coefficient (Wildman–Crippen LogP) is 3.82. The summed E-state index contributed by atoms with van der Waals surface area (Å²) in [6.45, 7) is 1.88. The molecule has 0 fully saturated rings. The molecule has 1 N–H and O–H groups in total. The minimum atomic E-state index is -0.541. The van der Waals surface area contributed by atoms with Gasteiger partial charge in [-0.25, -0.2) is 4.39 Å². The lowest BCUT2D eigenvalue weighted by Crippen LogP contribution is -2.10. The molecule has 114 valence electrons. The topological polar surface area (TPSA) is 58.4 Å². The largest absolute Gasteiger partial charge is 0.410 e.